The van der Waals surface area contributed by atoms with Crippen LogP contribution >= 0.6 is 0 Å². The number of aliphatic hydroxyl groups excluding tert-OH is 1. The van der Waals surface area contributed by atoms with Crippen LogP contribution < -0.4 is 5.73 Å². The molecule has 0 saturated carbocycles. The molecule has 0 bridgehead atoms. The predicted molar refractivity (Wildman–Crippen MR) is 90.6 cm³/mol. The maximum Gasteiger partial charge on any atom is 0.0462 e. The van der Waals surface area contributed by atoms with Gasteiger partial charge in [0.2, 0.25) is 0 Å². The largest absolute Gasteiger partial charge is 0.396 e. The SMILES string of the molecule is COCCCCCCN(CCCCN)CCCCCCO. The van der Waals surface area contributed by atoms with E-state index in [4.69, 9.17) is 15.6 Å². The molecule has 128 valence electrons. The topological polar surface area (TPSA) is 58.7 Å². The normalized spacial score (nSPS) is 11.4. The van der Waals surface area contributed by atoms with Crippen LogP contribution in [0.5, 0.6) is 0 Å². The highest BCUT2D eigenvalue weighted by Crippen LogP contribution is 2.07. The molecule has 4 heteroatoms. The van der Waals surface area contributed by atoms with E-state index < -0.39 is 0 Å². The summed E-state index contributed by atoms with van der Waals surface area (Å²) >= 11 is 0. The fourth-order valence-corrected chi connectivity index (χ4v) is 2.55. The lowest BCUT2D eigenvalue weighted by atomic mass is 10.1. The van der Waals surface area contributed by atoms with Gasteiger partial charge in [-0.1, -0.05) is 25.7 Å². The van der Waals surface area contributed by atoms with Crippen molar-refractivity contribution in [3.63, 3.8) is 0 Å². The summed E-state index contributed by atoms with van der Waals surface area (Å²) in [6.07, 6.45) is 12.0. The van der Waals surface area contributed by atoms with Crippen molar-refractivity contribution in [3.8, 4) is 0 Å². The minimum atomic E-state index is 0.335. The van der Waals surface area contributed by atoms with Gasteiger partial charge in [0.15, 0.2) is 0 Å². The van der Waals surface area contributed by atoms with Gasteiger partial charge in [-0.3, -0.25) is 0 Å². The highest BCUT2D eigenvalue weighted by Gasteiger charge is 2.04. The van der Waals surface area contributed by atoms with Crippen LogP contribution in [0.3, 0.4) is 0 Å². The van der Waals surface area contributed by atoms with Gasteiger partial charge < -0.3 is 20.5 Å². The van der Waals surface area contributed by atoms with Crippen LogP contribution in [0.15, 0.2) is 0 Å². The van der Waals surface area contributed by atoms with E-state index in [9.17, 15) is 0 Å². The first kappa shape index (κ1) is 20.8. The minimum Gasteiger partial charge on any atom is -0.396 e. The molecular weight excluding hydrogens is 264 g/mol. The van der Waals surface area contributed by atoms with E-state index >= 15 is 0 Å². The van der Waals surface area contributed by atoms with E-state index in [1.165, 1.54) is 64.6 Å². The van der Waals surface area contributed by atoms with Gasteiger partial charge in [-0.05, 0) is 64.7 Å². The van der Waals surface area contributed by atoms with Gasteiger partial charge in [-0.25, -0.2) is 0 Å². The highest BCUT2D eigenvalue weighted by atomic mass is 16.5. The Morgan fingerprint density at radius 1 is 0.762 bits per heavy atom. The van der Waals surface area contributed by atoms with Crippen molar-refractivity contribution in [2.24, 2.45) is 5.73 Å². The van der Waals surface area contributed by atoms with Crippen LogP contribution in [-0.2, 0) is 4.74 Å². The molecule has 0 aromatic rings. The smallest absolute Gasteiger partial charge is 0.0462 e. The second kappa shape index (κ2) is 17.9. The van der Waals surface area contributed by atoms with Gasteiger partial charge in [0.05, 0.1) is 0 Å². The fraction of sp³-hybridized carbons (Fsp3) is 1.00. The van der Waals surface area contributed by atoms with Crippen LogP contribution in [0.25, 0.3) is 0 Å². The summed E-state index contributed by atoms with van der Waals surface area (Å²) in [5.41, 5.74) is 5.58. The second-order valence-electron chi connectivity index (χ2n) is 5.88. The molecule has 0 aromatic heterocycles. The molecule has 0 heterocycles. The first-order valence-corrected chi connectivity index (χ1v) is 8.87. The number of rotatable bonds is 17. The molecule has 0 aliphatic carbocycles. The summed E-state index contributed by atoms with van der Waals surface area (Å²) in [6.45, 7) is 5.65. The van der Waals surface area contributed by atoms with Gasteiger partial charge >= 0.3 is 0 Å². The third kappa shape index (κ3) is 16.0. The number of nitrogens with two attached hydrogens (primary N) is 1. The van der Waals surface area contributed by atoms with E-state index in [1.807, 2.05) is 0 Å². The van der Waals surface area contributed by atoms with Gasteiger partial charge in [0.25, 0.3) is 0 Å². The van der Waals surface area contributed by atoms with Crippen LogP contribution in [0.2, 0.25) is 0 Å². The Labute approximate surface area is 132 Å². The molecule has 0 amide bonds. The van der Waals surface area contributed by atoms with Gasteiger partial charge in [-0.2, -0.15) is 0 Å². The zero-order chi connectivity index (χ0) is 15.6. The van der Waals surface area contributed by atoms with Crippen molar-refractivity contribution in [1.82, 2.24) is 4.90 Å². The molecule has 0 saturated heterocycles. The van der Waals surface area contributed by atoms with Crippen LogP contribution in [0, 0.1) is 0 Å². The van der Waals surface area contributed by atoms with Crippen LogP contribution in [-0.4, -0.2) is 56.5 Å². The Balaban J connectivity index is 3.64. The first-order chi connectivity index (χ1) is 10.3. The molecule has 0 spiro atoms. The zero-order valence-corrected chi connectivity index (χ0v) is 14.2. The monoisotopic (exact) mass is 302 g/mol. The van der Waals surface area contributed by atoms with Gasteiger partial charge in [0, 0.05) is 20.3 Å². The number of aliphatic hydroxyl groups is 1. The average Bonchev–Trinajstić information content (AvgIpc) is 2.50. The molecule has 0 aromatic carbocycles. The van der Waals surface area contributed by atoms with Crippen molar-refractivity contribution in [1.29, 1.82) is 0 Å². The number of nitrogens with zero attached hydrogens (tertiary/aromatic N) is 1. The molecule has 4 nitrogen and oxygen atoms in total. The molecule has 3 N–H and O–H groups in total. The molecule has 0 aliphatic heterocycles. The number of unbranched alkanes of at least 4 members (excludes halogenated alkanes) is 7. The lowest BCUT2D eigenvalue weighted by molar-refractivity contribution is 0.190. The van der Waals surface area contributed by atoms with E-state index in [0.29, 0.717) is 6.61 Å². The van der Waals surface area contributed by atoms with E-state index in [-0.39, 0.29) is 0 Å². The van der Waals surface area contributed by atoms with E-state index in [1.54, 1.807) is 7.11 Å². The second-order valence-corrected chi connectivity index (χ2v) is 5.88. The Hall–Kier alpha value is -0.160. The number of methoxy groups -OCH3 is 1. The summed E-state index contributed by atoms with van der Waals surface area (Å²) in [7, 11) is 1.77. The zero-order valence-electron chi connectivity index (χ0n) is 14.2. The summed E-state index contributed by atoms with van der Waals surface area (Å²) in [5, 5.41) is 8.79. The van der Waals surface area contributed by atoms with E-state index in [2.05, 4.69) is 4.90 Å². The third-order valence-electron chi connectivity index (χ3n) is 3.88. The quantitative estimate of drug-likeness (QED) is 0.406. The molecular formula is C17H38N2O2. The summed E-state index contributed by atoms with van der Waals surface area (Å²) in [5.74, 6) is 0. The standard InChI is InChI=1S/C17H38N2O2/c1-21-17-11-5-3-8-14-19(15-9-6-12-18)13-7-2-4-10-16-20/h20H,2-18H2,1H3. The summed E-state index contributed by atoms with van der Waals surface area (Å²) < 4.78 is 5.08. The first-order valence-electron chi connectivity index (χ1n) is 8.87. The van der Waals surface area contributed by atoms with Crippen LogP contribution in [0.1, 0.15) is 64.2 Å². The Kier molecular flexibility index (Phi) is 17.8. The third-order valence-corrected chi connectivity index (χ3v) is 3.88. The molecule has 21 heavy (non-hydrogen) atoms. The minimum absolute atomic E-state index is 0.335. The predicted octanol–water partition coefficient (Wildman–Crippen LogP) is 2.79. The van der Waals surface area contributed by atoms with Crippen molar-refractivity contribution in [3.05, 3.63) is 0 Å². The Morgan fingerprint density at radius 2 is 1.29 bits per heavy atom. The number of hydrogen-bond donors (Lipinski definition) is 2. The maximum atomic E-state index is 8.79. The molecule has 0 aliphatic rings. The molecule has 0 rings (SSSR count). The van der Waals surface area contributed by atoms with Crippen molar-refractivity contribution in [2.45, 2.75) is 64.2 Å². The van der Waals surface area contributed by atoms with Gasteiger partial charge in [-0.15, -0.1) is 0 Å². The lowest BCUT2D eigenvalue weighted by Gasteiger charge is -2.22. The summed E-state index contributed by atoms with van der Waals surface area (Å²) in [6, 6.07) is 0. The molecule has 0 atom stereocenters. The lowest BCUT2D eigenvalue weighted by Crippen LogP contribution is -2.27. The Bertz CT molecular complexity index is 192. The maximum absolute atomic E-state index is 8.79. The van der Waals surface area contributed by atoms with Crippen LogP contribution in [0.4, 0.5) is 0 Å². The summed E-state index contributed by atoms with van der Waals surface area (Å²) in [4.78, 5) is 2.60. The average molecular weight is 303 g/mol. The van der Waals surface area contributed by atoms with Crippen molar-refractivity contribution >= 4 is 0 Å². The molecule has 0 fully saturated rings. The van der Waals surface area contributed by atoms with Gasteiger partial charge in [0.1, 0.15) is 0 Å². The molecule has 0 unspecified atom stereocenters. The molecule has 0 radical (unpaired) electrons. The van der Waals surface area contributed by atoms with Crippen molar-refractivity contribution < 1.29 is 9.84 Å². The fourth-order valence-electron chi connectivity index (χ4n) is 2.55. The number of ether oxygens (including phenoxy) is 1. The van der Waals surface area contributed by atoms with Crippen molar-refractivity contribution in [2.75, 3.05) is 46.5 Å². The Morgan fingerprint density at radius 3 is 1.81 bits per heavy atom. The van der Waals surface area contributed by atoms with E-state index in [0.717, 1.165) is 32.4 Å². The number of hydrogen-bond acceptors (Lipinski definition) is 4. The highest BCUT2D eigenvalue weighted by molar-refractivity contribution is 4.60.